The second-order valence-electron chi connectivity index (χ2n) is 7.66. The molecule has 1 aromatic carbocycles. The van der Waals surface area contributed by atoms with Gasteiger partial charge in [0, 0.05) is 43.3 Å². The summed E-state index contributed by atoms with van der Waals surface area (Å²) in [7, 11) is 1.65. The van der Waals surface area contributed by atoms with E-state index in [9.17, 15) is 9.90 Å². The highest BCUT2D eigenvalue weighted by Crippen LogP contribution is 2.58. The molecule has 7 heteroatoms. The number of nitrogens with zero attached hydrogens (tertiary/aromatic N) is 1. The van der Waals surface area contributed by atoms with E-state index in [1.807, 2.05) is 6.07 Å². The van der Waals surface area contributed by atoms with Gasteiger partial charge in [0.2, 0.25) is 12.5 Å². The fourth-order valence-corrected chi connectivity index (χ4v) is 5.59. The molecule has 0 spiro atoms. The first-order valence-corrected chi connectivity index (χ1v) is 9.14. The van der Waals surface area contributed by atoms with Crippen LogP contribution >= 0.6 is 0 Å². The molecule has 1 saturated heterocycles. The summed E-state index contributed by atoms with van der Waals surface area (Å²) < 4.78 is 22.4. The first-order chi connectivity index (χ1) is 12.5. The second-order valence-corrected chi connectivity index (χ2v) is 7.66. The van der Waals surface area contributed by atoms with Crippen LogP contribution in [0.1, 0.15) is 37.3 Å². The first kappa shape index (κ1) is 16.2. The van der Waals surface area contributed by atoms with Crippen molar-refractivity contribution in [1.82, 2.24) is 4.90 Å². The highest BCUT2D eigenvalue weighted by molar-refractivity contribution is 5.66. The molecule has 7 nitrogen and oxygen atoms in total. The largest absolute Gasteiger partial charge is 0.492 e. The van der Waals surface area contributed by atoms with E-state index in [1.165, 1.54) is 6.92 Å². The third-order valence-electron chi connectivity index (χ3n) is 6.54. The molecule has 26 heavy (non-hydrogen) atoms. The van der Waals surface area contributed by atoms with Crippen molar-refractivity contribution in [3.05, 3.63) is 17.2 Å². The molecule has 1 unspecified atom stereocenters. The maximum absolute atomic E-state index is 11.4. The molecule has 1 N–H and O–H groups in total. The number of esters is 1. The van der Waals surface area contributed by atoms with E-state index in [4.69, 9.17) is 18.9 Å². The molecular formula is C19H23NO6. The van der Waals surface area contributed by atoms with E-state index in [-0.39, 0.29) is 30.3 Å². The molecule has 1 aliphatic carbocycles. The molecule has 1 saturated carbocycles. The Labute approximate surface area is 151 Å². The first-order valence-electron chi connectivity index (χ1n) is 9.14. The van der Waals surface area contributed by atoms with Gasteiger partial charge in [0.05, 0.1) is 13.2 Å². The summed E-state index contributed by atoms with van der Waals surface area (Å²) in [6.45, 7) is 3.25. The average Bonchev–Trinajstić information content (AvgIpc) is 3.15. The van der Waals surface area contributed by atoms with Crippen molar-refractivity contribution >= 4 is 5.97 Å². The van der Waals surface area contributed by atoms with E-state index in [0.717, 1.165) is 37.1 Å². The molecule has 2 fully saturated rings. The fraction of sp³-hybridized carbons (Fsp3) is 0.632. The zero-order valence-electron chi connectivity index (χ0n) is 15.0. The Morgan fingerprint density at radius 1 is 1.38 bits per heavy atom. The lowest BCUT2D eigenvalue weighted by Crippen LogP contribution is -2.59. The predicted octanol–water partition coefficient (Wildman–Crippen LogP) is 1.34. The molecule has 5 rings (SSSR count). The normalized spacial score (nSPS) is 36.3. The predicted molar refractivity (Wildman–Crippen MR) is 90.4 cm³/mol. The van der Waals surface area contributed by atoms with Gasteiger partial charge < -0.3 is 24.1 Å². The van der Waals surface area contributed by atoms with Crippen LogP contribution in [0.2, 0.25) is 0 Å². The van der Waals surface area contributed by atoms with Gasteiger partial charge in [0.1, 0.15) is 6.10 Å². The summed E-state index contributed by atoms with van der Waals surface area (Å²) in [6, 6.07) is 2.18. The second kappa shape index (κ2) is 5.50. The monoisotopic (exact) mass is 361 g/mol. The molecule has 4 aliphatic rings. The minimum absolute atomic E-state index is 0.146. The van der Waals surface area contributed by atoms with Gasteiger partial charge in [-0.2, -0.15) is 0 Å². The SMILES string of the molecule is COc1c2c(cc3c1OCO3)[C@@]13CCN(C2)[C@@H]1C[C@@H](OC(C)=O)C[C@H]3O. The van der Waals surface area contributed by atoms with Gasteiger partial charge in [0.15, 0.2) is 11.5 Å². The minimum atomic E-state index is -0.584. The van der Waals surface area contributed by atoms with E-state index < -0.39 is 6.10 Å². The number of ether oxygens (including phenoxy) is 4. The van der Waals surface area contributed by atoms with Crippen molar-refractivity contribution in [1.29, 1.82) is 0 Å². The molecule has 3 aliphatic heterocycles. The molecule has 0 radical (unpaired) electrons. The number of rotatable bonds is 2. The van der Waals surface area contributed by atoms with Crippen LogP contribution in [0.3, 0.4) is 0 Å². The third kappa shape index (κ3) is 1.98. The number of aliphatic hydroxyl groups excluding tert-OH is 1. The number of aliphatic hydroxyl groups is 1. The number of fused-ring (bicyclic) bond motifs is 2. The summed E-state index contributed by atoms with van der Waals surface area (Å²) in [6.07, 6.45) is 1.26. The molecule has 1 aromatic rings. The Morgan fingerprint density at radius 3 is 3.00 bits per heavy atom. The molecule has 140 valence electrons. The van der Waals surface area contributed by atoms with Gasteiger partial charge in [-0.25, -0.2) is 0 Å². The van der Waals surface area contributed by atoms with Gasteiger partial charge in [-0.15, -0.1) is 0 Å². The van der Waals surface area contributed by atoms with Crippen LogP contribution in [0.4, 0.5) is 0 Å². The van der Waals surface area contributed by atoms with Crippen molar-refractivity contribution in [2.75, 3.05) is 20.4 Å². The highest BCUT2D eigenvalue weighted by atomic mass is 16.7. The zero-order valence-corrected chi connectivity index (χ0v) is 15.0. The summed E-state index contributed by atoms with van der Waals surface area (Å²) >= 11 is 0. The maximum Gasteiger partial charge on any atom is 0.302 e. The molecular weight excluding hydrogens is 338 g/mol. The van der Waals surface area contributed by atoms with E-state index in [0.29, 0.717) is 23.7 Å². The van der Waals surface area contributed by atoms with Gasteiger partial charge in [-0.05, 0) is 24.6 Å². The zero-order chi connectivity index (χ0) is 18.1. The number of hydrogen-bond acceptors (Lipinski definition) is 7. The number of methoxy groups -OCH3 is 1. The van der Waals surface area contributed by atoms with Crippen molar-refractivity contribution in [2.24, 2.45) is 0 Å². The van der Waals surface area contributed by atoms with Gasteiger partial charge in [-0.3, -0.25) is 9.69 Å². The van der Waals surface area contributed by atoms with Crippen LogP contribution in [0.15, 0.2) is 6.07 Å². The summed E-state index contributed by atoms with van der Waals surface area (Å²) in [5.41, 5.74) is 1.81. The van der Waals surface area contributed by atoms with E-state index in [2.05, 4.69) is 4.90 Å². The topological polar surface area (TPSA) is 77.5 Å². The fourth-order valence-electron chi connectivity index (χ4n) is 5.59. The Hall–Kier alpha value is -1.99. The Bertz CT molecular complexity index is 780. The van der Waals surface area contributed by atoms with Gasteiger partial charge in [-0.1, -0.05) is 0 Å². The summed E-state index contributed by atoms with van der Waals surface area (Å²) in [4.78, 5) is 13.8. The van der Waals surface area contributed by atoms with Gasteiger partial charge >= 0.3 is 5.97 Å². The lowest BCUT2D eigenvalue weighted by molar-refractivity contribution is -0.153. The van der Waals surface area contributed by atoms with E-state index in [1.54, 1.807) is 7.11 Å². The van der Waals surface area contributed by atoms with Crippen LogP contribution in [-0.4, -0.2) is 54.7 Å². The molecule has 0 amide bonds. The lowest BCUT2D eigenvalue weighted by Gasteiger charge is -2.51. The average molecular weight is 361 g/mol. The van der Waals surface area contributed by atoms with E-state index >= 15 is 0 Å². The van der Waals surface area contributed by atoms with Crippen LogP contribution in [0.25, 0.3) is 0 Å². The van der Waals surface area contributed by atoms with Crippen molar-refractivity contribution in [2.45, 2.75) is 56.4 Å². The summed E-state index contributed by atoms with van der Waals surface area (Å²) in [5, 5.41) is 11.2. The molecule has 2 bridgehead atoms. The molecule has 0 aromatic heterocycles. The van der Waals surface area contributed by atoms with Crippen LogP contribution in [0.5, 0.6) is 17.2 Å². The van der Waals surface area contributed by atoms with Crippen molar-refractivity contribution in [3.63, 3.8) is 0 Å². The third-order valence-corrected chi connectivity index (χ3v) is 6.54. The number of carbonyl (C=O) groups excluding carboxylic acids is 1. The Balaban J connectivity index is 1.63. The summed E-state index contributed by atoms with van der Waals surface area (Å²) in [5.74, 6) is 1.77. The number of hydrogen-bond donors (Lipinski definition) is 1. The van der Waals surface area contributed by atoms with Crippen molar-refractivity contribution in [3.8, 4) is 17.2 Å². The van der Waals surface area contributed by atoms with Crippen LogP contribution in [0, 0.1) is 0 Å². The number of carbonyl (C=O) groups is 1. The smallest absolute Gasteiger partial charge is 0.302 e. The van der Waals surface area contributed by atoms with Crippen LogP contribution in [-0.2, 0) is 21.5 Å². The minimum Gasteiger partial charge on any atom is -0.492 e. The van der Waals surface area contributed by atoms with Crippen molar-refractivity contribution < 1.29 is 28.8 Å². The molecule has 5 atom stereocenters. The maximum atomic E-state index is 11.4. The van der Waals surface area contributed by atoms with Gasteiger partial charge in [0.25, 0.3) is 0 Å². The highest BCUT2D eigenvalue weighted by Gasteiger charge is 2.60. The Morgan fingerprint density at radius 2 is 2.23 bits per heavy atom. The Kier molecular flexibility index (Phi) is 3.43. The quantitative estimate of drug-likeness (QED) is 0.797. The number of benzene rings is 1. The standard InChI is InChI=1S/C19H23NO6/c1-10(21)26-11-5-15-19(16(22)6-11)3-4-20(15)8-12-13(19)7-14-18(17(12)23-2)25-9-24-14/h7,11,15-16,22H,3-6,8-9H2,1-2H3/t11-,15-,16-,19+/m1/s1. The molecule has 3 heterocycles. The van der Waals surface area contributed by atoms with Crippen LogP contribution < -0.4 is 14.2 Å². The lowest BCUT2D eigenvalue weighted by atomic mass is 9.61.